The topological polar surface area (TPSA) is 60.9 Å². The molecule has 0 aromatic heterocycles. The summed E-state index contributed by atoms with van der Waals surface area (Å²) in [6, 6.07) is 4.20. The van der Waals surface area contributed by atoms with Crippen molar-refractivity contribution < 1.29 is 13.2 Å². The lowest BCUT2D eigenvalue weighted by Gasteiger charge is -2.40. The third kappa shape index (κ3) is 4.13. The molecule has 1 amide bonds. The zero-order chi connectivity index (χ0) is 20.6. The summed E-state index contributed by atoms with van der Waals surface area (Å²) < 4.78 is 29.0. The van der Waals surface area contributed by atoms with Crippen LogP contribution in [0.3, 0.4) is 0 Å². The van der Waals surface area contributed by atoms with Crippen LogP contribution in [0.15, 0.2) is 21.5 Å². The van der Waals surface area contributed by atoms with Gasteiger partial charge in [-0.05, 0) is 52.9 Å². The van der Waals surface area contributed by atoms with Gasteiger partial charge in [0.1, 0.15) is 0 Å². The number of amides is 1. The number of halogens is 1. The average molecular weight is 484 g/mol. The van der Waals surface area contributed by atoms with E-state index < -0.39 is 10.0 Å². The van der Waals surface area contributed by atoms with Gasteiger partial charge < -0.3 is 4.90 Å². The van der Waals surface area contributed by atoms with Gasteiger partial charge >= 0.3 is 0 Å². The minimum atomic E-state index is -3.60. The monoisotopic (exact) mass is 483 g/mol. The first-order valence-electron chi connectivity index (χ1n) is 10.8. The molecule has 3 aliphatic rings. The van der Waals surface area contributed by atoms with Crippen molar-refractivity contribution in [3.63, 3.8) is 0 Å². The summed E-state index contributed by atoms with van der Waals surface area (Å²) >= 11 is 3.48. The van der Waals surface area contributed by atoms with Crippen molar-refractivity contribution >= 4 is 37.5 Å². The number of carbonyl (C=O) groups is 1. The van der Waals surface area contributed by atoms with Crippen LogP contribution in [0.2, 0.25) is 0 Å². The molecule has 2 aliphatic heterocycles. The van der Waals surface area contributed by atoms with Crippen LogP contribution in [0.1, 0.15) is 51.0 Å². The molecule has 0 unspecified atom stereocenters. The van der Waals surface area contributed by atoms with Gasteiger partial charge in [-0.1, -0.05) is 26.2 Å². The van der Waals surface area contributed by atoms with Gasteiger partial charge in [-0.2, -0.15) is 4.31 Å². The number of hydrogen-bond donors (Lipinski definition) is 0. The molecule has 29 heavy (non-hydrogen) atoms. The zero-order valence-corrected chi connectivity index (χ0v) is 19.5. The van der Waals surface area contributed by atoms with Crippen LogP contribution in [-0.4, -0.2) is 62.3 Å². The molecule has 2 heterocycles. The Kier molecular flexibility index (Phi) is 6.35. The van der Waals surface area contributed by atoms with Crippen molar-refractivity contribution in [3.8, 4) is 0 Å². The molecule has 1 aromatic rings. The van der Waals surface area contributed by atoms with Crippen LogP contribution in [0.25, 0.3) is 0 Å². The minimum Gasteiger partial charge on any atom is -0.312 e. The van der Waals surface area contributed by atoms with Gasteiger partial charge in [0.25, 0.3) is 0 Å². The smallest absolute Gasteiger partial charge is 0.244 e. The molecule has 0 radical (unpaired) electrons. The maximum atomic E-state index is 13.4. The first-order valence-corrected chi connectivity index (χ1v) is 13.0. The summed E-state index contributed by atoms with van der Waals surface area (Å²) in [6.45, 7) is 5.11. The van der Waals surface area contributed by atoms with E-state index in [0.29, 0.717) is 36.6 Å². The maximum Gasteiger partial charge on any atom is 0.244 e. The van der Waals surface area contributed by atoms with E-state index in [9.17, 15) is 13.2 Å². The van der Waals surface area contributed by atoms with Crippen LogP contribution in [0.4, 0.5) is 5.69 Å². The molecule has 0 N–H and O–H groups in total. The summed E-state index contributed by atoms with van der Waals surface area (Å²) in [5, 5.41) is 0. The second-order valence-electron chi connectivity index (χ2n) is 8.29. The van der Waals surface area contributed by atoms with Crippen molar-refractivity contribution in [2.45, 2.75) is 62.8 Å². The number of rotatable bonds is 4. The van der Waals surface area contributed by atoms with E-state index in [1.807, 2.05) is 13.0 Å². The highest BCUT2D eigenvalue weighted by molar-refractivity contribution is 9.10. The Morgan fingerprint density at radius 1 is 1.07 bits per heavy atom. The fourth-order valence-electron chi connectivity index (χ4n) is 4.93. The van der Waals surface area contributed by atoms with E-state index in [1.165, 1.54) is 32.1 Å². The summed E-state index contributed by atoms with van der Waals surface area (Å²) in [5.74, 6) is 0.0375. The van der Waals surface area contributed by atoms with Gasteiger partial charge in [0, 0.05) is 55.3 Å². The zero-order valence-electron chi connectivity index (χ0n) is 17.1. The van der Waals surface area contributed by atoms with Gasteiger partial charge in [-0.3, -0.25) is 9.69 Å². The molecule has 1 saturated carbocycles. The lowest BCUT2D eigenvalue weighted by Crippen LogP contribution is -2.52. The van der Waals surface area contributed by atoms with Crippen molar-refractivity contribution in [2.24, 2.45) is 0 Å². The normalized spacial score (nSPS) is 22.1. The van der Waals surface area contributed by atoms with Crippen molar-refractivity contribution in [1.82, 2.24) is 9.21 Å². The first-order chi connectivity index (χ1) is 13.9. The minimum absolute atomic E-state index is 0.0375. The van der Waals surface area contributed by atoms with Crippen LogP contribution in [0, 0.1) is 0 Å². The fourth-order valence-corrected chi connectivity index (χ4v) is 7.42. The Balaban J connectivity index is 1.53. The summed E-state index contributed by atoms with van der Waals surface area (Å²) in [6.07, 6.45) is 7.57. The molecule has 0 bridgehead atoms. The highest BCUT2D eigenvalue weighted by atomic mass is 79.9. The van der Waals surface area contributed by atoms with Gasteiger partial charge in [0.05, 0.1) is 4.90 Å². The molecule has 6 nitrogen and oxygen atoms in total. The molecule has 1 aromatic carbocycles. The standard InChI is InChI=1S/C21H30BrN3O3S/c1-2-21(26)25-9-8-16-14-18(22)20(15-19(16)25)29(27,28)24-12-10-23(11-13-24)17-6-4-3-5-7-17/h14-15,17H,2-13H2,1H3. The Morgan fingerprint density at radius 2 is 1.76 bits per heavy atom. The Bertz CT molecular complexity index is 875. The number of benzene rings is 1. The quantitative estimate of drug-likeness (QED) is 0.658. The lowest BCUT2D eigenvalue weighted by molar-refractivity contribution is -0.118. The second kappa shape index (κ2) is 8.65. The van der Waals surface area contributed by atoms with Crippen LogP contribution in [-0.2, 0) is 21.2 Å². The van der Waals surface area contributed by atoms with Crippen LogP contribution >= 0.6 is 15.9 Å². The third-order valence-electron chi connectivity index (χ3n) is 6.61. The van der Waals surface area contributed by atoms with E-state index in [4.69, 9.17) is 0 Å². The molecule has 4 rings (SSSR count). The molecular weight excluding hydrogens is 454 g/mol. The average Bonchev–Trinajstić information content (AvgIpc) is 3.16. The van der Waals surface area contributed by atoms with E-state index in [1.54, 1.807) is 15.3 Å². The van der Waals surface area contributed by atoms with E-state index in [-0.39, 0.29) is 10.8 Å². The van der Waals surface area contributed by atoms with Crippen molar-refractivity contribution in [3.05, 3.63) is 22.2 Å². The summed E-state index contributed by atoms with van der Waals surface area (Å²) in [5.41, 5.74) is 1.78. The molecular formula is C21H30BrN3O3S. The predicted octanol–water partition coefficient (Wildman–Crippen LogP) is 3.39. The molecule has 8 heteroatoms. The largest absolute Gasteiger partial charge is 0.312 e. The number of sulfonamides is 1. The van der Waals surface area contributed by atoms with Crippen molar-refractivity contribution in [1.29, 1.82) is 0 Å². The SMILES string of the molecule is CCC(=O)N1CCc2cc(Br)c(S(=O)(=O)N3CCN(C4CCCCC4)CC3)cc21. The van der Waals surface area contributed by atoms with Crippen LogP contribution < -0.4 is 4.90 Å². The molecule has 1 saturated heterocycles. The Morgan fingerprint density at radius 3 is 2.41 bits per heavy atom. The third-order valence-corrected chi connectivity index (χ3v) is 9.47. The summed E-state index contributed by atoms with van der Waals surface area (Å²) in [4.78, 5) is 16.7. The Hall–Kier alpha value is -0.960. The number of fused-ring (bicyclic) bond motifs is 1. The van der Waals surface area contributed by atoms with E-state index >= 15 is 0 Å². The Labute approximate surface area is 182 Å². The van der Waals surface area contributed by atoms with Gasteiger partial charge in [0.2, 0.25) is 15.9 Å². The molecule has 0 spiro atoms. The van der Waals surface area contributed by atoms with Gasteiger partial charge in [0.15, 0.2) is 0 Å². The number of hydrogen-bond acceptors (Lipinski definition) is 4. The second-order valence-corrected chi connectivity index (χ2v) is 11.1. The summed E-state index contributed by atoms with van der Waals surface area (Å²) in [7, 11) is -3.60. The fraction of sp³-hybridized carbons (Fsp3) is 0.667. The lowest BCUT2D eigenvalue weighted by atomic mass is 9.94. The first kappa shape index (κ1) is 21.3. The predicted molar refractivity (Wildman–Crippen MR) is 118 cm³/mol. The molecule has 160 valence electrons. The molecule has 1 aliphatic carbocycles. The number of piperazine rings is 1. The molecule has 2 fully saturated rings. The number of anilines is 1. The maximum absolute atomic E-state index is 13.4. The molecule has 0 atom stereocenters. The highest BCUT2D eigenvalue weighted by Gasteiger charge is 2.34. The number of nitrogens with zero attached hydrogens (tertiary/aromatic N) is 3. The van der Waals surface area contributed by atoms with E-state index in [2.05, 4.69) is 20.8 Å². The van der Waals surface area contributed by atoms with Gasteiger partial charge in [-0.25, -0.2) is 8.42 Å². The highest BCUT2D eigenvalue weighted by Crippen LogP contribution is 2.37. The van der Waals surface area contributed by atoms with Gasteiger partial charge in [-0.15, -0.1) is 0 Å². The van der Waals surface area contributed by atoms with E-state index in [0.717, 1.165) is 30.8 Å². The number of carbonyl (C=O) groups excluding carboxylic acids is 1. The van der Waals surface area contributed by atoms with Crippen molar-refractivity contribution in [2.75, 3.05) is 37.6 Å². The van der Waals surface area contributed by atoms with Crippen LogP contribution in [0.5, 0.6) is 0 Å².